The van der Waals surface area contributed by atoms with Gasteiger partial charge in [0.25, 0.3) is 0 Å². The molecule has 8 nitrogen and oxygen atoms in total. The third kappa shape index (κ3) is 11.7. The lowest BCUT2D eigenvalue weighted by molar-refractivity contribution is -0.148. The lowest BCUT2D eigenvalue weighted by atomic mass is 10.1. The number of rotatable bonds is 8. The van der Waals surface area contributed by atoms with Gasteiger partial charge in [-0.2, -0.15) is 0 Å². The topological polar surface area (TPSA) is 138 Å². The van der Waals surface area contributed by atoms with Crippen LogP contribution in [0.5, 0.6) is 0 Å². The summed E-state index contributed by atoms with van der Waals surface area (Å²) in [6.07, 6.45) is -0.0466. The van der Waals surface area contributed by atoms with Crippen LogP contribution in [0.25, 0.3) is 0 Å². The standard InChI is InChI=1S/C7H12O4.C6H10O4/c1-5(9)3-6(4-8)7(10)11-2;1-4(8)2-5(3-7)6(9)10/h6,8H,3-4H2,1-2H3;5,7H,2-3H2,1H3,(H,9,10). The number of Topliss-reactive ketones (excluding diaryl/α,β-unsaturated/α-hetero) is 2. The number of carboxylic acids is 1. The highest BCUT2D eigenvalue weighted by Gasteiger charge is 2.19. The quantitative estimate of drug-likeness (QED) is 0.506. The molecule has 21 heavy (non-hydrogen) atoms. The number of carboxylic acid groups (broad SMARTS) is 1. The Morgan fingerprint density at radius 2 is 1.29 bits per heavy atom. The zero-order valence-electron chi connectivity index (χ0n) is 12.4. The van der Waals surface area contributed by atoms with E-state index < -0.39 is 30.4 Å². The van der Waals surface area contributed by atoms with Crippen LogP contribution in [0.3, 0.4) is 0 Å². The van der Waals surface area contributed by atoms with Crippen LogP contribution in [-0.2, 0) is 23.9 Å². The summed E-state index contributed by atoms with van der Waals surface area (Å²) >= 11 is 0. The maximum Gasteiger partial charge on any atom is 0.311 e. The Labute approximate surface area is 122 Å². The van der Waals surface area contributed by atoms with Crippen molar-refractivity contribution in [3.8, 4) is 0 Å². The van der Waals surface area contributed by atoms with Gasteiger partial charge < -0.3 is 29.6 Å². The van der Waals surface area contributed by atoms with Crippen LogP contribution in [0, 0.1) is 11.8 Å². The van der Waals surface area contributed by atoms with E-state index in [4.69, 9.17) is 15.3 Å². The third-order valence-corrected chi connectivity index (χ3v) is 2.39. The number of esters is 1. The molecule has 0 saturated heterocycles. The molecule has 0 rings (SSSR count). The van der Waals surface area contributed by atoms with E-state index in [1.165, 1.54) is 21.0 Å². The number of carbonyl (C=O) groups is 4. The lowest BCUT2D eigenvalue weighted by Crippen LogP contribution is -2.22. The van der Waals surface area contributed by atoms with Crippen LogP contribution >= 0.6 is 0 Å². The molecule has 0 bridgehead atoms. The highest BCUT2D eigenvalue weighted by Crippen LogP contribution is 2.04. The van der Waals surface area contributed by atoms with Gasteiger partial charge in [0.2, 0.25) is 0 Å². The molecule has 0 aromatic carbocycles. The van der Waals surface area contributed by atoms with Gasteiger partial charge in [0, 0.05) is 12.8 Å². The highest BCUT2D eigenvalue weighted by molar-refractivity contribution is 5.83. The van der Waals surface area contributed by atoms with Crippen LogP contribution in [0.4, 0.5) is 0 Å². The molecule has 8 heteroatoms. The third-order valence-electron chi connectivity index (χ3n) is 2.39. The number of hydrogen-bond donors (Lipinski definition) is 3. The number of methoxy groups -OCH3 is 1. The summed E-state index contributed by atoms with van der Waals surface area (Å²) in [4.78, 5) is 41.8. The monoisotopic (exact) mass is 306 g/mol. The van der Waals surface area contributed by atoms with Crippen molar-refractivity contribution in [1.29, 1.82) is 0 Å². The van der Waals surface area contributed by atoms with Crippen LogP contribution in [-0.4, -0.2) is 59.1 Å². The Morgan fingerprint density at radius 3 is 1.48 bits per heavy atom. The average molecular weight is 306 g/mol. The Hall–Kier alpha value is -1.80. The summed E-state index contributed by atoms with van der Waals surface area (Å²) in [5.41, 5.74) is 0. The van der Waals surface area contributed by atoms with Gasteiger partial charge in [0.15, 0.2) is 0 Å². The second-order valence-corrected chi connectivity index (χ2v) is 4.43. The molecule has 0 saturated carbocycles. The highest BCUT2D eigenvalue weighted by atomic mass is 16.5. The molecule has 0 aromatic rings. The summed E-state index contributed by atoms with van der Waals surface area (Å²) in [6, 6.07) is 0. The van der Waals surface area contributed by atoms with Crippen molar-refractivity contribution in [3.05, 3.63) is 0 Å². The van der Waals surface area contributed by atoms with E-state index in [1.54, 1.807) is 0 Å². The van der Waals surface area contributed by atoms with E-state index >= 15 is 0 Å². The van der Waals surface area contributed by atoms with Crippen molar-refractivity contribution in [3.63, 3.8) is 0 Å². The fraction of sp³-hybridized carbons (Fsp3) is 0.692. The van der Waals surface area contributed by atoms with Crippen molar-refractivity contribution in [2.75, 3.05) is 20.3 Å². The Bertz CT molecular complexity index is 363. The number of aliphatic hydroxyl groups is 2. The SMILES string of the molecule is CC(=O)CC(CO)C(=O)O.COC(=O)C(CO)CC(C)=O. The van der Waals surface area contributed by atoms with Gasteiger partial charge in [-0.05, 0) is 13.8 Å². The first-order chi connectivity index (χ1) is 9.69. The maximum absolute atomic E-state index is 10.7. The van der Waals surface area contributed by atoms with Gasteiger partial charge in [0.1, 0.15) is 11.6 Å². The Kier molecular flexibility index (Phi) is 12.3. The van der Waals surface area contributed by atoms with Gasteiger partial charge >= 0.3 is 11.9 Å². The molecule has 2 unspecified atom stereocenters. The minimum atomic E-state index is -1.13. The van der Waals surface area contributed by atoms with E-state index in [9.17, 15) is 19.2 Å². The van der Waals surface area contributed by atoms with Gasteiger partial charge in [0.05, 0.1) is 32.2 Å². The lowest BCUT2D eigenvalue weighted by Gasteiger charge is -2.08. The fourth-order valence-corrected chi connectivity index (χ4v) is 1.31. The van der Waals surface area contributed by atoms with Crippen molar-refractivity contribution in [2.45, 2.75) is 26.7 Å². The molecule has 0 radical (unpaired) electrons. The van der Waals surface area contributed by atoms with Gasteiger partial charge in [-0.25, -0.2) is 0 Å². The summed E-state index contributed by atoms with van der Waals surface area (Å²) in [6.45, 7) is 1.85. The predicted octanol–water partition coefficient (Wildman–Crippen LogP) is -0.594. The molecule has 0 aliphatic heterocycles. The molecule has 0 fully saturated rings. The summed E-state index contributed by atoms with van der Waals surface area (Å²) in [5.74, 6) is -3.65. The van der Waals surface area contributed by atoms with E-state index in [-0.39, 0.29) is 31.0 Å². The van der Waals surface area contributed by atoms with E-state index in [2.05, 4.69) is 4.74 Å². The predicted molar refractivity (Wildman–Crippen MR) is 71.4 cm³/mol. The fourth-order valence-electron chi connectivity index (χ4n) is 1.31. The van der Waals surface area contributed by atoms with Crippen LogP contribution in [0.2, 0.25) is 0 Å². The smallest absolute Gasteiger partial charge is 0.311 e. The van der Waals surface area contributed by atoms with E-state index in [0.717, 1.165) is 0 Å². The number of ether oxygens (including phenoxy) is 1. The molecular formula is C13H22O8. The van der Waals surface area contributed by atoms with Crippen LogP contribution in [0.15, 0.2) is 0 Å². The zero-order chi connectivity index (χ0) is 17.0. The largest absolute Gasteiger partial charge is 0.481 e. The molecular weight excluding hydrogens is 284 g/mol. The summed E-state index contributed by atoms with van der Waals surface area (Å²) < 4.78 is 4.35. The zero-order valence-corrected chi connectivity index (χ0v) is 12.4. The van der Waals surface area contributed by atoms with Crippen molar-refractivity contribution < 1.29 is 39.2 Å². The number of ketones is 2. The molecule has 3 N–H and O–H groups in total. The number of aliphatic hydroxyl groups excluding tert-OH is 2. The molecule has 0 spiro atoms. The van der Waals surface area contributed by atoms with Crippen molar-refractivity contribution in [2.24, 2.45) is 11.8 Å². The number of hydrogen-bond acceptors (Lipinski definition) is 7. The molecule has 0 aliphatic carbocycles. The maximum atomic E-state index is 10.7. The summed E-state index contributed by atoms with van der Waals surface area (Å²) in [7, 11) is 1.23. The van der Waals surface area contributed by atoms with E-state index in [1.807, 2.05) is 0 Å². The van der Waals surface area contributed by atoms with E-state index in [0.29, 0.717) is 0 Å². The molecule has 2 atom stereocenters. The van der Waals surface area contributed by atoms with Gasteiger partial charge in [-0.15, -0.1) is 0 Å². The van der Waals surface area contributed by atoms with Gasteiger partial charge in [-0.1, -0.05) is 0 Å². The minimum absolute atomic E-state index is 0.0448. The normalized spacial score (nSPS) is 12.4. The number of carbonyl (C=O) groups excluding carboxylic acids is 3. The molecule has 122 valence electrons. The van der Waals surface area contributed by atoms with Crippen molar-refractivity contribution >= 4 is 23.5 Å². The second-order valence-electron chi connectivity index (χ2n) is 4.43. The van der Waals surface area contributed by atoms with Gasteiger partial charge in [-0.3, -0.25) is 9.59 Å². The minimum Gasteiger partial charge on any atom is -0.481 e. The first-order valence-corrected chi connectivity index (χ1v) is 6.20. The van der Waals surface area contributed by atoms with Crippen molar-refractivity contribution in [1.82, 2.24) is 0 Å². The average Bonchev–Trinajstić information content (AvgIpc) is 2.41. The Balaban J connectivity index is 0. The molecule has 0 amide bonds. The first kappa shape index (κ1) is 21.5. The van der Waals surface area contributed by atoms with Crippen LogP contribution < -0.4 is 0 Å². The molecule has 0 heterocycles. The Morgan fingerprint density at radius 1 is 0.905 bits per heavy atom. The number of aliphatic carboxylic acids is 1. The molecule has 0 aliphatic rings. The molecule has 0 aromatic heterocycles. The van der Waals surface area contributed by atoms with Crippen LogP contribution in [0.1, 0.15) is 26.7 Å². The summed E-state index contributed by atoms with van der Waals surface area (Å²) in [5, 5.41) is 25.3. The second kappa shape index (κ2) is 12.0. The first-order valence-electron chi connectivity index (χ1n) is 6.20.